The van der Waals surface area contributed by atoms with Gasteiger partial charge < -0.3 is 19.1 Å². The predicted molar refractivity (Wildman–Crippen MR) is 587 cm³/mol. The minimum atomic E-state index is -0.348. The Bertz CT molecular complexity index is 5310. The largest absolute Gasteiger partial charge is 0.494 e. The maximum atomic E-state index is 13.2. The molecule has 1 saturated heterocycles. The third-order valence-corrected chi connectivity index (χ3v) is 199. The first kappa shape index (κ1) is 93.8. The molecule has 3 aliphatic rings. The van der Waals surface area contributed by atoms with Crippen LogP contribution in [0.25, 0.3) is 51.5 Å². The zero-order chi connectivity index (χ0) is 79.9. The van der Waals surface area contributed by atoms with Crippen molar-refractivity contribution in [3.05, 3.63) is 278 Å². The van der Waals surface area contributed by atoms with Gasteiger partial charge in [-0.3, -0.25) is 9.59 Å². The van der Waals surface area contributed by atoms with Gasteiger partial charge in [0, 0.05) is 67.0 Å². The highest BCUT2D eigenvalue weighted by molar-refractivity contribution is 9.42. The fraction of sp³-hybridized carbons (Fsp3) is 0.162. The molecular formula is C74H91BBrN2O4P27S2. The van der Waals surface area contributed by atoms with Crippen LogP contribution in [-0.4, -0.2) is 18.3 Å². The lowest BCUT2D eigenvalue weighted by Gasteiger charge is -2.50. The van der Waals surface area contributed by atoms with Crippen LogP contribution in [0.5, 0.6) is 0 Å². The van der Waals surface area contributed by atoms with Crippen molar-refractivity contribution in [1.29, 1.82) is 0 Å². The molecule has 0 amide bonds. The van der Waals surface area contributed by atoms with Crippen molar-refractivity contribution in [3.63, 3.8) is 0 Å². The second-order valence-electron chi connectivity index (χ2n) is 28.0. The van der Waals surface area contributed by atoms with Crippen LogP contribution in [0.4, 0.5) is 34.1 Å². The second kappa shape index (κ2) is 41.0. The minimum absolute atomic E-state index is 0.0165. The molecule has 17 unspecified atom stereocenters. The van der Waals surface area contributed by atoms with Crippen molar-refractivity contribution in [3.8, 4) is 11.1 Å². The Kier molecular flexibility index (Phi) is 34.6. The van der Waals surface area contributed by atoms with Crippen molar-refractivity contribution in [2.45, 2.75) is 77.4 Å². The fourth-order valence-corrected chi connectivity index (χ4v) is 360. The highest BCUT2D eigenvalue weighted by Gasteiger charge is 2.52. The first-order valence-electron chi connectivity index (χ1n) is 34.6. The SMILES string of the molecule is CC1(C)c2ccccc2N(c2ccc(-c3ccc4sc5ccccc5c(=O)c4c3)cc2)c2ccccc21.CC1(C)c2ccccc2N(c2ccc(B3OC(C)(C)C(C)(C)O3)cc2)c2ccccc21.O=c1c2ccccc2sc2ccc(Br)cc12.PPP(P)P(P(P(P)P)P(P)P)P(P(P(P)P)P(P)P)P(P(P)P)P(P)P. The molecule has 2 aromatic heterocycles. The Morgan fingerprint density at radius 2 is 0.676 bits per heavy atom. The van der Waals surface area contributed by atoms with Crippen molar-refractivity contribution in [2.75, 3.05) is 9.80 Å². The number of fused-ring (bicyclic) bond motifs is 8. The molecule has 15 rings (SSSR count). The highest BCUT2D eigenvalue weighted by atomic mass is 79.9. The molecule has 0 saturated carbocycles. The molecule has 5 heterocycles. The standard InChI is InChI=1S/C34H25NOS.C27H30BNO2.C13H7BrOS.H29P27/c1-34(2)27-10-4-6-12-29(27)35(30-13-7-5-11-28(30)34)24-18-15-22(16-19-24)23-17-20-32-26(21-23)33(36)25-9-3-8-14-31(25)37-32;1-25(2)21-11-7-9-13-23(21)29(24-14-10-8-12-22(24)25)20-17-15-19(16-18-20)28-30-26(3,4)27(5,6)31-28;14-8-5-6-12-10(7-8)13(15)9-3-1-2-4-11(9)16-12;1-15-22(14)26(23(16(2)3)17(4)5)27(24(18(6)7)19(8)9)25(20(10)11)21(12)13/h3-21H,1-2H3;7-18H,1-6H3;1-7H;15H,1-14H2. The van der Waals surface area contributed by atoms with E-state index >= 15 is 0 Å². The number of para-hydroxylation sites is 4. The van der Waals surface area contributed by atoms with E-state index in [0.717, 1.165) is 80.7 Å². The average molecular weight is 2060 g/mol. The van der Waals surface area contributed by atoms with E-state index in [1.54, 1.807) is 22.7 Å². The lowest BCUT2D eigenvalue weighted by Crippen LogP contribution is -2.41. The Hall–Kier alpha value is 3.65. The monoisotopic (exact) mass is 2060 g/mol. The Morgan fingerprint density at radius 1 is 0.360 bits per heavy atom. The number of nitrogens with zero attached hydrogens (tertiary/aromatic N) is 2. The van der Waals surface area contributed by atoms with Gasteiger partial charge in [-0.25, -0.2) is 0 Å². The van der Waals surface area contributed by atoms with Crippen LogP contribution in [0.3, 0.4) is 0 Å². The van der Waals surface area contributed by atoms with Crippen molar-refractivity contribution in [1.82, 2.24) is 0 Å². The van der Waals surface area contributed by atoms with Gasteiger partial charge in [-0.15, -0.1) is 148 Å². The van der Waals surface area contributed by atoms with Crippen LogP contribution in [0.2, 0.25) is 0 Å². The summed E-state index contributed by atoms with van der Waals surface area (Å²) in [6.07, 6.45) is 0. The molecule has 10 aromatic carbocycles. The summed E-state index contributed by atoms with van der Waals surface area (Å²) in [5.74, 6) is 0. The van der Waals surface area contributed by atoms with Crippen LogP contribution >= 0.6 is 255 Å². The lowest BCUT2D eigenvalue weighted by atomic mass is 9.73. The summed E-state index contributed by atoms with van der Waals surface area (Å²) in [7, 11) is 46.2. The molecule has 111 heavy (non-hydrogen) atoms. The summed E-state index contributed by atoms with van der Waals surface area (Å²) in [6, 6.07) is 79.8. The van der Waals surface area contributed by atoms with E-state index in [2.05, 4.69) is 364 Å². The van der Waals surface area contributed by atoms with Crippen molar-refractivity contribution < 1.29 is 9.31 Å². The highest BCUT2D eigenvalue weighted by Crippen LogP contribution is 3.36. The van der Waals surface area contributed by atoms with Gasteiger partial charge in [-0.1, -0.05) is 179 Å². The zero-order valence-electron chi connectivity index (χ0n) is 62.2. The number of hydrogen-bond acceptors (Lipinski definition) is 8. The summed E-state index contributed by atoms with van der Waals surface area (Å²) in [5, 5.41) is 3.17. The molecule has 3 aliphatic heterocycles. The van der Waals surface area contributed by atoms with Crippen molar-refractivity contribution >= 4 is 342 Å². The van der Waals surface area contributed by atoms with Crippen LogP contribution in [0, 0.1) is 0 Å². The number of halogens is 1. The first-order valence-corrected chi connectivity index (χ1v) is 85.6. The molecule has 0 radical (unpaired) electrons. The van der Waals surface area contributed by atoms with Gasteiger partial charge in [0.15, 0.2) is 10.9 Å². The average Bonchev–Trinajstić information content (AvgIpc) is 1.17. The summed E-state index contributed by atoms with van der Waals surface area (Å²) < 4.78 is 17.6. The molecule has 6 nitrogen and oxygen atoms in total. The fourth-order valence-electron chi connectivity index (χ4n) is 13.6. The molecule has 0 aliphatic carbocycles. The normalized spacial score (nSPS) is 15.9. The van der Waals surface area contributed by atoms with Gasteiger partial charge in [0.1, 0.15) is 0 Å². The Labute approximate surface area is 720 Å². The topological polar surface area (TPSA) is 59.1 Å². The van der Waals surface area contributed by atoms with E-state index in [1.165, 1.54) is 45.0 Å². The van der Waals surface area contributed by atoms with E-state index in [0.29, 0.717) is 0 Å². The van der Waals surface area contributed by atoms with Crippen LogP contribution in [-0.2, 0) is 20.1 Å². The number of hydrogen-bond donors (Lipinski definition) is 0. The lowest BCUT2D eigenvalue weighted by molar-refractivity contribution is 0.00578. The maximum Gasteiger partial charge on any atom is 0.494 e. The van der Waals surface area contributed by atoms with E-state index in [-0.39, 0.29) is 124 Å². The third-order valence-electron chi connectivity index (χ3n) is 19.7. The summed E-state index contributed by atoms with van der Waals surface area (Å²) in [4.78, 5) is 30.2. The third kappa shape index (κ3) is 20.9. The predicted octanol–water partition coefficient (Wildman–Crippen LogP) is 35.0. The number of rotatable bonds is 16. The van der Waals surface area contributed by atoms with Crippen molar-refractivity contribution in [2.24, 2.45) is 0 Å². The minimum Gasteiger partial charge on any atom is -0.399 e. The Balaban J connectivity index is 0.000000142. The van der Waals surface area contributed by atoms with Gasteiger partial charge in [-0.2, -0.15) is 0 Å². The number of anilines is 6. The van der Waals surface area contributed by atoms with Crippen LogP contribution in [0.1, 0.15) is 77.6 Å². The maximum absolute atomic E-state index is 13.2. The van der Waals surface area contributed by atoms with E-state index in [4.69, 9.17) is 9.31 Å². The van der Waals surface area contributed by atoms with Crippen LogP contribution < -0.4 is 26.1 Å². The van der Waals surface area contributed by atoms with Gasteiger partial charge >= 0.3 is 7.12 Å². The molecule has 0 bridgehead atoms. The smallest absolute Gasteiger partial charge is 0.399 e. The summed E-state index contributed by atoms with van der Waals surface area (Å²) in [6.45, 7) is 17.9. The number of benzene rings is 10. The van der Waals surface area contributed by atoms with E-state index in [1.807, 2.05) is 72.8 Å². The molecule has 0 N–H and O–H groups in total. The van der Waals surface area contributed by atoms with Gasteiger partial charge in [0.2, 0.25) is 0 Å². The molecular weight excluding hydrogens is 1970 g/mol. The van der Waals surface area contributed by atoms with Gasteiger partial charge in [0.25, 0.3) is 0 Å². The second-order valence-corrected chi connectivity index (χ2v) is 138. The van der Waals surface area contributed by atoms with Gasteiger partial charge in [-0.05, 0) is 254 Å². The molecule has 37 heteroatoms. The van der Waals surface area contributed by atoms with Gasteiger partial charge in [0.05, 0.1) is 34.0 Å². The molecule has 578 valence electrons. The molecule has 0 spiro atoms. The molecule has 12 aromatic rings. The zero-order valence-corrected chi connectivity index (χ0v) is 93.3. The molecule has 17 atom stereocenters. The Morgan fingerprint density at radius 3 is 1.05 bits per heavy atom. The van der Waals surface area contributed by atoms with E-state index < -0.39 is 0 Å². The molecule has 1 fully saturated rings. The van der Waals surface area contributed by atoms with E-state index in [9.17, 15) is 9.59 Å². The first-order chi connectivity index (χ1) is 52.7. The summed E-state index contributed by atoms with van der Waals surface area (Å²) in [5.41, 5.74) is 15.1. The summed E-state index contributed by atoms with van der Waals surface area (Å²) >= 11 is 6.72. The van der Waals surface area contributed by atoms with Crippen LogP contribution in [0.15, 0.2) is 245 Å². The quantitative estimate of drug-likeness (QED) is 0.0546.